The van der Waals surface area contributed by atoms with Crippen molar-refractivity contribution in [1.29, 1.82) is 0 Å². The Bertz CT molecular complexity index is 548. The molecule has 0 heterocycles. The van der Waals surface area contributed by atoms with Crippen LogP contribution in [0.3, 0.4) is 0 Å². The number of rotatable bonds is 4. The van der Waals surface area contributed by atoms with E-state index in [1.807, 2.05) is 24.3 Å². The first-order valence-corrected chi connectivity index (χ1v) is 9.72. The zero-order valence-corrected chi connectivity index (χ0v) is 14.2. The summed E-state index contributed by atoms with van der Waals surface area (Å²) < 4.78 is 0. The molecule has 0 radical (unpaired) electrons. The van der Waals surface area contributed by atoms with E-state index in [-0.39, 0.29) is 5.91 Å². The Morgan fingerprint density at radius 2 is 1.73 bits per heavy atom. The minimum atomic E-state index is 0.169. The molecule has 0 atom stereocenters. The Balaban J connectivity index is 1.34. The van der Waals surface area contributed by atoms with Crippen LogP contribution in [0.1, 0.15) is 32.1 Å². The van der Waals surface area contributed by atoms with Crippen molar-refractivity contribution >= 4 is 29.3 Å². The van der Waals surface area contributed by atoms with E-state index in [1.165, 1.54) is 43.9 Å². The van der Waals surface area contributed by atoms with Gasteiger partial charge in [0.15, 0.2) is 0 Å². The molecule has 0 unspecified atom stereocenters. The molecule has 4 fully saturated rings. The molecule has 4 heteroatoms. The first kappa shape index (κ1) is 14.9. The van der Waals surface area contributed by atoms with Gasteiger partial charge in [0.25, 0.3) is 0 Å². The van der Waals surface area contributed by atoms with Crippen LogP contribution in [0.5, 0.6) is 0 Å². The molecule has 1 N–H and O–H groups in total. The molecule has 4 aliphatic rings. The first-order valence-electron chi connectivity index (χ1n) is 8.35. The second kappa shape index (κ2) is 6.09. The molecule has 1 aromatic rings. The summed E-state index contributed by atoms with van der Waals surface area (Å²) in [5, 5.41) is 4.08. The number of halogens is 1. The lowest BCUT2D eigenvalue weighted by atomic mass is 9.54. The van der Waals surface area contributed by atoms with Crippen LogP contribution in [0.2, 0.25) is 5.02 Å². The predicted octanol–water partition coefficient (Wildman–Crippen LogP) is 4.37. The van der Waals surface area contributed by atoms with Crippen molar-refractivity contribution in [3.63, 3.8) is 0 Å². The number of carbonyl (C=O) groups is 1. The van der Waals surface area contributed by atoms with E-state index in [2.05, 4.69) is 5.32 Å². The minimum Gasteiger partial charge on any atom is -0.352 e. The van der Waals surface area contributed by atoms with Crippen LogP contribution in [0.15, 0.2) is 29.2 Å². The minimum absolute atomic E-state index is 0.169. The summed E-state index contributed by atoms with van der Waals surface area (Å²) >= 11 is 7.68. The van der Waals surface area contributed by atoms with Crippen LogP contribution < -0.4 is 5.32 Å². The number of carbonyl (C=O) groups excluding carboxylic acids is 1. The molecule has 5 rings (SSSR count). The van der Waals surface area contributed by atoms with Crippen LogP contribution >= 0.6 is 23.4 Å². The van der Waals surface area contributed by atoms with Gasteiger partial charge in [-0.05, 0) is 67.9 Å². The van der Waals surface area contributed by atoms with E-state index < -0.39 is 0 Å². The Kier molecular flexibility index (Phi) is 4.12. The summed E-state index contributed by atoms with van der Waals surface area (Å²) in [6.07, 6.45) is 6.83. The number of thioether (sulfide) groups is 1. The summed E-state index contributed by atoms with van der Waals surface area (Å²) in [7, 11) is 0. The highest BCUT2D eigenvalue weighted by Gasteiger charge is 2.48. The molecule has 22 heavy (non-hydrogen) atoms. The van der Waals surface area contributed by atoms with Gasteiger partial charge in [0.2, 0.25) is 5.91 Å². The average Bonchev–Trinajstić information content (AvgIpc) is 2.49. The quantitative estimate of drug-likeness (QED) is 0.828. The number of benzene rings is 1. The molecule has 0 aliphatic heterocycles. The first-order chi connectivity index (χ1) is 10.7. The van der Waals surface area contributed by atoms with E-state index in [1.54, 1.807) is 0 Å². The van der Waals surface area contributed by atoms with Crippen molar-refractivity contribution in [1.82, 2.24) is 5.32 Å². The molecule has 2 nitrogen and oxygen atoms in total. The van der Waals surface area contributed by atoms with E-state index in [4.69, 9.17) is 11.6 Å². The zero-order chi connectivity index (χ0) is 15.1. The van der Waals surface area contributed by atoms with Crippen molar-refractivity contribution in [3.05, 3.63) is 29.3 Å². The average molecular weight is 336 g/mol. The van der Waals surface area contributed by atoms with Gasteiger partial charge in [-0.2, -0.15) is 0 Å². The number of amides is 1. The Hall–Kier alpha value is -0.670. The van der Waals surface area contributed by atoms with Crippen LogP contribution in [0.4, 0.5) is 0 Å². The van der Waals surface area contributed by atoms with Gasteiger partial charge in [-0.25, -0.2) is 0 Å². The van der Waals surface area contributed by atoms with Crippen LogP contribution in [-0.4, -0.2) is 17.7 Å². The highest BCUT2D eigenvalue weighted by molar-refractivity contribution is 8.00. The molecule has 1 amide bonds. The standard InChI is InChI=1S/C18H22ClNOS/c19-15-3-1-2-4-16(15)22-10-17(21)20-18-13-6-11-5-12(8-13)9-14(18)7-11/h1-4,11-14,18H,5-10H2,(H,20,21). The smallest absolute Gasteiger partial charge is 0.230 e. The summed E-state index contributed by atoms with van der Waals surface area (Å²) in [5.41, 5.74) is 0. The second-order valence-electron chi connectivity index (χ2n) is 7.24. The van der Waals surface area contributed by atoms with Crippen molar-refractivity contribution in [2.45, 2.75) is 43.0 Å². The fourth-order valence-corrected chi connectivity index (χ4v) is 6.14. The largest absolute Gasteiger partial charge is 0.352 e. The Labute approximate surface area is 141 Å². The van der Waals surface area contributed by atoms with Gasteiger partial charge in [0.05, 0.1) is 10.8 Å². The molecular weight excluding hydrogens is 314 g/mol. The lowest BCUT2D eigenvalue weighted by molar-refractivity contribution is -0.122. The number of nitrogens with one attached hydrogen (secondary N) is 1. The van der Waals surface area contributed by atoms with Gasteiger partial charge < -0.3 is 5.32 Å². The van der Waals surface area contributed by atoms with Gasteiger partial charge in [-0.1, -0.05) is 23.7 Å². The lowest BCUT2D eigenvalue weighted by Crippen LogP contribution is -2.56. The van der Waals surface area contributed by atoms with Crippen molar-refractivity contribution < 1.29 is 4.79 Å². The maximum Gasteiger partial charge on any atom is 0.230 e. The summed E-state index contributed by atoms with van der Waals surface area (Å²) in [6.45, 7) is 0. The second-order valence-corrected chi connectivity index (χ2v) is 8.67. The fourth-order valence-electron chi connectivity index (χ4n) is 5.09. The van der Waals surface area contributed by atoms with Gasteiger partial charge in [0.1, 0.15) is 0 Å². The van der Waals surface area contributed by atoms with Gasteiger partial charge in [-0.15, -0.1) is 11.8 Å². The van der Waals surface area contributed by atoms with Crippen molar-refractivity contribution in [2.24, 2.45) is 23.7 Å². The van der Waals surface area contributed by atoms with E-state index in [0.717, 1.165) is 33.6 Å². The molecule has 4 bridgehead atoms. The molecular formula is C18H22ClNOS. The maximum absolute atomic E-state index is 12.3. The summed E-state index contributed by atoms with van der Waals surface area (Å²) in [5.74, 6) is 4.02. The molecule has 0 saturated heterocycles. The fraction of sp³-hybridized carbons (Fsp3) is 0.611. The van der Waals surface area contributed by atoms with E-state index >= 15 is 0 Å². The molecule has 0 spiro atoms. The Morgan fingerprint density at radius 3 is 2.36 bits per heavy atom. The normalized spacial score (nSPS) is 35.6. The third-order valence-electron chi connectivity index (χ3n) is 5.75. The molecule has 118 valence electrons. The molecule has 0 aromatic heterocycles. The summed E-state index contributed by atoms with van der Waals surface area (Å²) in [4.78, 5) is 13.3. The van der Waals surface area contributed by atoms with Crippen LogP contribution in [-0.2, 0) is 4.79 Å². The van der Waals surface area contributed by atoms with Crippen molar-refractivity contribution in [3.8, 4) is 0 Å². The molecule has 4 aliphatic carbocycles. The summed E-state index contributed by atoms with van der Waals surface area (Å²) in [6, 6.07) is 8.17. The third-order valence-corrected chi connectivity index (χ3v) is 7.26. The molecule has 1 aromatic carbocycles. The third kappa shape index (κ3) is 2.90. The zero-order valence-electron chi connectivity index (χ0n) is 12.6. The highest BCUT2D eigenvalue weighted by Crippen LogP contribution is 2.53. The van der Waals surface area contributed by atoms with E-state index in [0.29, 0.717) is 11.8 Å². The predicted molar refractivity (Wildman–Crippen MR) is 91.2 cm³/mol. The monoisotopic (exact) mass is 335 g/mol. The number of hydrogen-bond acceptors (Lipinski definition) is 2. The van der Waals surface area contributed by atoms with Gasteiger partial charge in [-0.3, -0.25) is 4.79 Å². The highest BCUT2D eigenvalue weighted by atomic mass is 35.5. The number of hydrogen-bond donors (Lipinski definition) is 1. The van der Waals surface area contributed by atoms with E-state index in [9.17, 15) is 4.79 Å². The SMILES string of the molecule is O=C(CSc1ccccc1Cl)NC1C2CC3CC(C2)CC1C3. The van der Waals surface area contributed by atoms with Crippen LogP contribution in [0, 0.1) is 23.7 Å². The maximum atomic E-state index is 12.3. The Morgan fingerprint density at radius 1 is 1.09 bits per heavy atom. The lowest BCUT2D eigenvalue weighted by Gasteiger charge is -2.54. The van der Waals surface area contributed by atoms with Gasteiger partial charge in [0, 0.05) is 10.9 Å². The molecule has 4 saturated carbocycles. The topological polar surface area (TPSA) is 29.1 Å². The van der Waals surface area contributed by atoms with Crippen LogP contribution in [0.25, 0.3) is 0 Å². The van der Waals surface area contributed by atoms with Gasteiger partial charge >= 0.3 is 0 Å². The van der Waals surface area contributed by atoms with Crippen molar-refractivity contribution in [2.75, 3.05) is 5.75 Å².